The molecule has 0 spiro atoms. The zero-order chi connectivity index (χ0) is 14.3. The maximum absolute atomic E-state index is 11.1. The van der Waals surface area contributed by atoms with Crippen molar-refractivity contribution < 1.29 is 19.0 Å². The second-order valence-electron chi connectivity index (χ2n) is 5.58. The quantitative estimate of drug-likeness (QED) is 0.527. The lowest BCUT2D eigenvalue weighted by atomic mass is 9.83. The second kappa shape index (κ2) is 7.65. The van der Waals surface area contributed by atoms with Gasteiger partial charge in [-0.05, 0) is 38.5 Å². The topological polar surface area (TPSA) is 44.8 Å². The third kappa shape index (κ3) is 5.74. The van der Waals surface area contributed by atoms with E-state index in [2.05, 4.69) is 11.7 Å². The predicted octanol–water partition coefficient (Wildman–Crippen LogP) is 3.07. The molecule has 0 saturated carbocycles. The molecular formula is C15H26O4. The van der Waals surface area contributed by atoms with Crippen molar-refractivity contribution in [1.29, 1.82) is 0 Å². The first-order valence-electron chi connectivity index (χ1n) is 6.97. The molecule has 4 nitrogen and oxygen atoms in total. The Morgan fingerprint density at radius 2 is 2.26 bits per heavy atom. The number of hydrogen-bond donors (Lipinski definition) is 0. The van der Waals surface area contributed by atoms with Gasteiger partial charge in [0, 0.05) is 19.1 Å². The van der Waals surface area contributed by atoms with E-state index < -0.39 is 0 Å². The average Bonchev–Trinajstić information content (AvgIpc) is 2.71. The molecular weight excluding hydrogens is 244 g/mol. The highest BCUT2D eigenvalue weighted by atomic mass is 16.7. The third-order valence-corrected chi connectivity index (χ3v) is 3.55. The van der Waals surface area contributed by atoms with Crippen molar-refractivity contribution in [3.05, 3.63) is 11.6 Å². The molecule has 0 N–H and O–H groups in total. The minimum absolute atomic E-state index is 0.0401. The monoisotopic (exact) mass is 270 g/mol. The largest absolute Gasteiger partial charge is 0.466 e. The summed E-state index contributed by atoms with van der Waals surface area (Å²) in [6.07, 6.45) is 5.55. The molecule has 1 rings (SSSR count). The van der Waals surface area contributed by atoms with Crippen LogP contribution in [0.15, 0.2) is 11.6 Å². The number of carbonyl (C=O) groups excluding carboxylic acids is 1. The fourth-order valence-corrected chi connectivity index (χ4v) is 2.41. The van der Waals surface area contributed by atoms with Crippen molar-refractivity contribution in [1.82, 2.24) is 0 Å². The van der Waals surface area contributed by atoms with Crippen LogP contribution in [-0.4, -0.2) is 32.6 Å². The SMILES string of the molecule is CCO[C@H]1C[C@@](C)(CCC/C(C)=C/C(=O)OC)CO1. The molecule has 0 amide bonds. The Morgan fingerprint density at radius 3 is 2.89 bits per heavy atom. The number of ether oxygens (including phenoxy) is 3. The van der Waals surface area contributed by atoms with Crippen molar-refractivity contribution in [3.63, 3.8) is 0 Å². The van der Waals surface area contributed by atoms with Gasteiger partial charge in [0.05, 0.1) is 13.7 Å². The molecule has 0 radical (unpaired) electrons. The molecule has 1 heterocycles. The lowest BCUT2D eigenvalue weighted by Crippen LogP contribution is -2.17. The highest BCUT2D eigenvalue weighted by Gasteiger charge is 2.35. The molecule has 1 aliphatic rings. The van der Waals surface area contributed by atoms with Crippen molar-refractivity contribution in [2.24, 2.45) is 5.41 Å². The fraction of sp³-hybridized carbons (Fsp3) is 0.800. The van der Waals surface area contributed by atoms with Gasteiger partial charge in [-0.1, -0.05) is 12.5 Å². The lowest BCUT2D eigenvalue weighted by Gasteiger charge is -2.21. The van der Waals surface area contributed by atoms with E-state index in [4.69, 9.17) is 9.47 Å². The van der Waals surface area contributed by atoms with E-state index in [1.165, 1.54) is 7.11 Å². The molecule has 1 saturated heterocycles. The number of esters is 1. The van der Waals surface area contributed by atoms with Crippen LogP contribution < -0.4 is 0 Å². The molecule has 0 unspecified atom stereocenters. The summed E-state index contributed by atoms with van der Waals surface area (Å²) < 4.78 is 15.7. The van der Waals surface area contributed by atoms with Gasteiger partial charge < -0.3 is 14.2 Å². The van der Waals surface area contributed by atoms with Gasteiger partial charge in [0.15, 0.2) is 6.29 Å². The van der Waals surface area contributed by atoms with Crippen molar-refractivity contribution >= 4 is 5.97 Å². The molecule has 19 heavy (non-hydrogen) atoms. The van der Waals surface area contributed by atoms with Crippen LogP contribution in [0.25, 0.3) is 0 Å². The Kier molecular flexibility index (Phi) is 6.52. The molecule has 0 aromatic carbocycles. The Bertz CT molecular complexity index is 324. The summed E-state index contributed by atoms with van der Waals surface area (Å²) in [6, 6.07) is 0. The van der Waals surface area contributed by atoms with Crippen molar-refractivity contribution in [2.45, 2.75) is 52.7 Å². The summed E-state index contributed by atoms with van der Waals surface area (Å²) in [6.45, 7) is 7.65. The minimum Gasteiger partial charge on any atom is -0.466 e. The number of methoxy groups -OCH3 is 1. The molecule has 4 heteroatoms. The van der Waals surface area contributed by atoms with Crippen LogP contribution in [0.1, 0.15) is 46.5 Å². The van der Waals surface area contributed by atoms with Crippen LogP contribution in [-0.2, 0) is 19.0 Å². The average molecular weight is 270 g/mol. The van der Waals surface area contributed by atoms with Gasteiger partial charge in [0.1, 0.15) is 0 Å². The van der Waals surface area contributed by atoms with Crippen LogP contribution in [0, 0.1) is 5.41 Å². The molecule has 0 aromatic heterocycles. The van der Waals surface area contributed by atoms with E-state index in [-0.39, 0.29) is 17.7 Å². The summed E-state index contributed by atoms with van der Waals surface area (Å²) in [7, 11) is 1.40. The molecule has 1 aliphatic heterocycles. The zero-order valence-corrected chi connectivity index (χ0v) is 12.5. The normalized spacial score (nSPS) is 27.6. The van der Waals surface area contributed by atoms with Crippen LogP contribution in [0.2, 0.25) is 0 Å². The van der Waals surface area contributed by atoms with Crippen LogP contribution in [0.3, 0.4) is 0 Å². The van der Waals surface area contributed by atoms with Crippen LogP contribution in [0.5, 0.6) is 0 Å². The second-order valence-corrected chi connectivity index (χ2v) is 5.58. The number of hydrogen-bond acceptors (Lipinski definition) is 4. The first-order valence-corrected chi connectivity index (χ1v) is 6.97. The van der Waals surface area contributed by atoms with Crippen LogP contribution in [0.4, 0.5) is 0 Å². The smallest absolute Gasteiger partial charge is 0.330 e. The van der Waals surface area contributed by atoms with Gasteiger partial charge in [-0.2, -0.15) is 0 Å². The Hall–Kier alpha value is -0.870. The Balaban J connectivity index is 2.29. The van der Waals surface area contributed by atoms with Gasteiger partial charge in [-0.15, -0.1) is 0 Å². The first kappa shape index (κ1) is 16.2. The van der Waals surface area contributed by atoms with Crippen molar-refractivity contribution in [3.8, 4) is 0 Å². The molecule has 0 bridgehead atoms. The molecule has 0 aromatic rings. The summed E-state index contributed by atoms with van der Waals surface area (Å²) >= 11 is 0. The molecule has 0 aliphatic carbocycles. The van der Waals surface area contributed by atoms with Gasteiger partial charge in [0.25, 0.3) is 0 Å². The zero-order valence-electron chi connectivity index (χ0n) is 12.5. The van der Waals surface area contributed by atoms with Crippen LogP contribution >= 0.6 is 0 Å². The van der Waals surface area contributed by atoms with E-state index in [1.54, 1.807) is 6.08 Å². The summed E-state index contributed by atoms with van der Waals surface area (Å²) in [5.41, 5.74) is 1.27. The highest BCUT2D eigenvalue weighted by Crippen LogP contribution is 2.37. The van der Waals surface area contributed by atoms with Gasteiger partial charge in [-0.25, -0.2) is 4.79 Å². The fourth-order valence-electron chi connectivity index (χ4n) is 2.41. The van der Waals surface area contributed by atoms with Gasteiger partial charge in [-0.3, -0.25) is 0 Å². The Morgan fingerprint density at radius 1 is 1.53 bits per heavy atom. The lowest BCUT2D eigenvalue weighted by molar-refractivity contribution is -0.134. The maximum Gasteiger partial charge on any atom is 0.330 e. The van der Waals surface area contributed by atoms with Gasteiger partial charge >= 0.3 is 5.97 Å². The molecule has 110 valence electrons. The third-order valence-electron chi connectivity index (χ3n) is 3.55. The Labute approximate surface area is 116 Å². The number of rotatable bonds is 7. The maximum atomic E-state index is 11.1. The standard InChI is InChI=1S/C15H26O4/c1-5-18-14-10-15(3,11-19-14)8-6-7-12(2)9-13(16)17-4/h9,14H,5-8,10-11H2,1-4H3/b12-9+/t14-,15-/m1/s1. The highest BCUT2D eigenvalue weighted by molar-refractivity contribution is 5.82. The first-order chi connectivity index (χ1) is 8.99. The summed E-state index contributed by atoms with van der Waals surface area (Å²) in [4.78, 5) is 11.1. The summed E-state index contributed by atoms with van der Waals surface area (Å²) in [5.74, 6) is -0.274. The predicted molar refractivity (Wildman–Crippen MR) is 73.7 cm³/mol. The van der Waals surface area contributed by atoms with E-state index >= 15 is 0 Å². The minimum atomic E-state index is -0.274. The molecule has 2 atom stereocenters. The van der Waals surface area contributed by atoms with E-state index in [0.717, 1.165) is 37.9 Å². The molecule has 1 fully saturated rings. The summed E-state index contributed by atoms with van der Waals surface area (Å²) in [5, 5.41) is 0. The van der Waals surface area contributed by atoms with Crippen molar-refractivity contribution in [2.75, 3.05) is 20.3 Å². The van der Waals surface area contributed by atoms with E-state index in [0.29, 0.717) is 6.61 Å². The van der Waals surface area contributed by atoms with E-state index in [9.17, 15) is 4.79 Å². The van der Waals surface area contributed by atoms with E-state index in [1.807, 2.05) is 13.8 Å². The number of allylic oxidation sites excluding steroid dienone is 1. The number of carbonyl (C=O) groups is 1. The van der Waals surface area contributed by atoms with Gasteiger partial charge in [0.2, 0.25) is 0 Å².